The summed E-state index contributed by atoms with van der Waals surface area (Å²) in [7, 11) is 0. The summed E-state index contributed by atoms with van der Waals surface area (Å²) in [5, 5.41) is 2.89. The SMILES string of the molecule is NC(=O)COCCNc1cc(F)ccc1N. The summed E-state index contributed by atoms with van der Waals surface area (Å²) in [6.45, 7) is 0.583. The molecular formula is C10H14FN3O2. The highest BCUT2D eigenvalue weighted by molar-refractivity contribution is 5.75. The van der Waals surface area contributed by atoms with Crippen LogP contribution in [0.25, 0.3) is 0 Å². The van der Waals surface area contributed by atoms with Gasteiger partial charge in [0.2, 0.25) is 5.91 Å². The first kappa shape index (κ1) is 12.3. The van der Waals surface area contributed by atoms with Crippen LogP contribution in [0.15, 0.2) is 18.2 Å². The van der Waals surface area contributed by atoms with Gasteiger partial charge >= 0.3 is 0 Å². The summed E-state index contributed by atoms with van der Waals surface area (Å²) in [5.41, 5.74) is 11.4. The lowest BCUT2D eigenvalue weighted by molar-refractivity contribution is -0.122. The molecule has 0 fully saturated rings. The van der Waals surface area contributed by atoms with Crippen molar-refractivity contribution < 1.29 is 13.9 Å². The van der Waals surface area contributed by atoms with Crippen LogP contribution in [-0.4, -0.2) is 25.7 Å². The Kier molecular flexibility index (Phi) is 4.53. The van der Waals surface area contributed by atoms with Crippen LogP contribution < -0.4 is 16.8 Å². The van der Waals surface area contributed by atoms with E-state index in [0.29, 0.717) is 24.5 Å². The summed E-state index contributed by atoms with van der Waals surface area (Å²) in [6, 6.07) is 4.05. The zero-order chi connectivity index (χ0) is 12.0. The van der Waals surface area contributed by atoms with E-state index in [1.54, 1.807) is 0 Å². The van der Waals surface area contributed by atoms with Crippen molar-refractivity contribution in [1.29, 1.82) is 0 Å². The molecule has 5 nitrogen and oxygen atoms in total. The van der Waals surface area contributed by atoms with Crippen LogP contribution >= 0.6 is 0 Å². The van der Waals surface area contributed by atoms with Crippen LogP contribution in [0.3, 0.4) is 0 Å². The Morgan fingerprint density at radius 2 is 2.25 bits per heavy atom. The fraction of sp³-hybridized carbons (Fsp3) is 0.300. The Bertz CT molecular complexity index is 371. The fourth-order valence-corrected chi connectivity index (χ4v) is 1.11. The van der Waals surface area contributed by atoms with Gasteiger partial charge in [0.1, 0.15) is 12.4 Å². The first-order valence-corrected chi connectivity index (χ1v) is 4.74. The molecule has 0 bridgehead atoms. The number of hydrogen-bond donors (Lipinski definition) is 3. The minimum Gasteiger partial charge on any atom is -0.397 e. The van der Waals surface area contributed by atoms with Crippen LogP contribution in [-0.2, 0) is 9.53 Å². The molecule has 0 saturated carbocycles. The number of carbonyl (C=O) groups is 1. The van der Waals surface area contributed by atoms with Crippen LogP contribution in [0.1, 0.15) is 0 Å². The molecule has 1 rings (SSSR count). The summed E-state index contributed by atoms with van der Waals surface area (Å²) in [6.07, 6.45) is 0. The maximum atomic E-state index is 12.8. The fourth-order valence-electron chi connectivity index (χ4n) is 1.11. The Morgan fingerprint density at radius 3 is 2.94 bits per heavy atom. The highest BCUT2D eigenvalue weighted by atomic mass is 19.1. The van der Waals surface area contributed by atoms with Crippen LogP contribution in [0, 0.1) is 5.82 Å². The molecule has 1 aromatic carbocycles. The van der Waals surface area contributed by atoms with Gasteiger partial charge in [-0.25, -0.2) is 4.39 Å². The first-order valence-electron chi connectivity index (χ1n) is 4.74. The first-order chi connectivity index (χ1) is 7.59. The topological polar surface area (TPSA) is 90.4 Å². The zero-order valence-corrected chi connectivity index (χ0v) is 8.70. The Morgan fingerprint density at radius 1 is 1.50 bits per heavy atom. The molecule has 0 radical (unpaired) electrons. The number of amides is 1. The number of benzene rings is 1. The third-order valence-corrected chi connectivity index (χ3v) is 1.82. The predicted octanol–water partition coefficient (Wildman–Crippen LogP) is 0.322. The largest absolute Gasteiger partial charge is 0.397 e. The maximum absolute atomic E-state index is 12.8. The van der Waals surface area contributed by atoms with Gasteiger partial charge in [-0.15, -0.1) is 0 Å². The van der Waals surface area contributed by atoms with Crippen LogP contribution in [0.5, 0.6) is 0 Å². The Labute approximate surface area is 92.6 Å². The minimum atomic E-state index is -0.523. The van der Waals surface area contributed by atoms with Crippen molar-refractivity contribution >= 4 is 17.3 Å². The van der Waals surface area contributed by atoms with Gasteiger partial charge in [-0.05, 0) is 18.2 Å². The number of nitrogen functional groups attached to an aromatic ring is 1. The monoisotopic (exact) mass is 227 g/mol. The van der Waals surface area contributed by atoms with E-state index in [1.165, 1.54) is 18.2 Å². The molecule has 6 heteroatoms. The Hall–Kier alpha value is -1.82. The quantitative estimate of drug-likeness (QED) is 0.482. The molecular weight excluding hydrogens is 213 g/mol. The lowest BCUT2D eigenvalue weighted by atomic mass is 10.2. The van der Waals surface area contributed by atoms with E-state index in [0.717, 1.165) is 0 Å². The van der Waals surface area contributed by atoms with E-state index in [1.807, 2.05) is 0 Å². The summed E-state index contributed by atoms with van der Waals surface area (Å²) >= 11 is 0. The summed E-state index contributed by atoms with van der Waals surface area (Å²) < 4.78 is 17.8. The summed E-state index contributed by atoms with van der Waals surface area (Å²) in [5.74, 6) is -0.889. The lowest BCUT2D eigenvalue weighted by Gasteiger charge is -2.09. The number of nitrogens with two attached hydrogens (primary N) is 2. The molecule has 88 valence electrons. The molecule has 0 heterocycles. The number of anilines is 2. The highest BCUT2D eigenvalue weighted by Crippen LogP contribution is 2.18. The van der Waals surface area contributed by atoms with Crippen molar-refractivity contribution in [2.45, 2.75) is 0 Å². The van der Waals surface area contributed by atoms with Crippen molar-refractivity contribution in [1.82, 2.24) is 0 Å². The second-order valence-electron chi connectivity index (χ2n) is 3.18. The third kappa shape index (κ3) is 4.14. The number of carbonyl (C=O) groups excluding carboxylic acids is 1. The molecule has 0 spiro atoms. The van der Waals surface area contributed by atoms with Gasteiger partial charge in [-0.3, -0.25) is 4.79 Å². The molecule has 0 aliphatic heterocycles. The molecule has 0 unspecified atom stereocenters. The standard InChI is InChI=1S/C10H14FN3O2/c11-7-1-2-8(12)9(5-7)14-3-4-16-6-10(13)15/h1-2,5,14H,3-4,6,12H2,(H2,13,15). The van der Waals surface area contributed by atoms with Gasteiger partial charge < -0.3 is 21.5 Å². The molecule has 0 aliphatic carbocycles. The van der Waals surface area contributed by atoms with Gasteiger partial charge in [0, 0.05) is 6.54 Å². The average Bonchev–Trinajstić information content (AvgIpc) is 2.22. The van der Waals surface area contributed by atoms with Gasteiger partial charge in [0.05, 0.1) is 18.0 Å². The van der Waals surface area contributed by atoms with Crippen molar-refractivity contribution in [3.8, 4) is 0 Å². The number of nitrogens with one attached hydrogen (secondary N) is 1. The molecule has 1 aromatic rings. The van der Waals surface area contributed by atoms with Gasteiger partial charge in [0.25, 0.3) is 0 Å². The van der Waals surface area contributed by atoms with E-state index in [4.69, 9.17) is 16.2 Å². The van der Waals surface area contributed by atoms with Crippen LogP contribution in [0.2, 0.25) is 0 Å². The molecule has 16 heavy (non-hydrogen) atoms. The molecule has 0 aliphatic rings. The van der Waals surface area contributed by atoms with Crippen LogP contribution in [0.4, 0.5) is 15.8 Å². The van der Waals surface area contributed by atoms with E-state index >= 15 is 0 Å². The average molecular weight is 227 g/mol. The minimum absolute atomic E-state index is 0.125. The molecule has 0 atom stereocenters. The number of rotatable bonds is 6. The number of hydrogen-bond acceptors (Lipinski definition) is 4. The van der Waals surface area contributed by atoms with Crippen molar-refractivity contribution in [2.24, 2.45) is 5.73 Å². The zero-order valence-electron chi connectivity index (χ0n) is 8.70. The van der Waals surface area contributed by atoms with Crippen molar-refractivity contribution in [2.75, 3.05) is 30.8 Å². The molecule has 0 saturated heterocycles. The molecule has 1 amide bonds. The summed E-state index contributed by atoms with van der Waals surface area (Å²) in [4.78, 5) is 10.3. The van der Waals surface area contributed by atoms with Gasteiger partial charge in [-0.1, -0.05) is 0 Å². The van der Waals surface area contributed by atoms with Crippen molar-refractivity contribution in [3.05, 3.63) is 24.0 Å². The van der Waals surface area contributed by atoms with Gasteiger partial charge in [-0.2, -0.15) is 0 Å². The predicted molar refractivity (Wildman–Crippen MR) is 59.3 cm³/mol. The number of primary amides is 1. The van der Waals surface area contributed by atoms with E-state index in [-0.39, 0.29) is 12.4 Å². The van der Waals surface area contributed by atoms with Crippen molar-refractivity contribution in [3.63, 3.8) is 0 Å². The third-order valence-electron chi connectivity index (χ3n) is 1.82. The second-order valence-corrected chi connectivity index (χ2v) is 3.18. The lowest BCUT2D eigenvalue weighted by Crippen LogP contribution is -2.20. The molecule has 5 N–H and O–H groups in total. The van der Waals surface area contributed by atoms with Gasteiger partial charge in [0.15, 0.2) is 0 Å². The van der Waals surface area contributed by atoms with E-state index < -0.39 is 5.91 Å². The highest BCUT2D eigenvalue weighted by Gasteiger charge is 2.00. The molecule has 0 aromatic heterocycles. The normalized spacial score (nSPS) is 10.1. The Balaban J connectivity index is 2.31. The van der Waals surface area contributed by atoms with E-state index in [2.05, 4.69) is 5.32 Å². The van der Waals surface area contributed by atoms with E-state index in [9.17, 15) is 9.18 Å². The maximum Gasteiger partial charge on any atom is 0.243 e. The second kappa shape index (κ2) is 5.92. The number of halogens is 1. The number of ether oxygens (including phenoxy) is 1. The smallest absolute Gasteiger partial charge is 0.243 e.